The number of para-hydroxylation sites is 1. The van der Waals surface area contributed by atoms with Crippen LogP contribution in [0.15, 0.2) is 54.6 Å². The van der Waals surface area contributed by atoms with Gasteiger partial charge in [0.1, 0.15) is 0 Å². The van der Waals surface area contributed by atoms with Gasteiger partial charge in [-0.1, -0.05) is 41.9 Å². The maximum absolute atomic E-state index is 11.9. The lowest BCUT2D eigenvalue weighted by Crippen LogP contribution is -2.47. The van der Waals surface area contributed by atoms with Gasteiger partial charge in [0.2, 0.25) is 0 Å². The predicted molar refractivity (Wildman–Crippen MR) is 111 cm³/mol. The van der Waals surface area contributed by atoms with Crippen LogP contribution in [0, 0.1) is 0 Å². The van der Waals surface area contributed by atoms with Gasteiger partial charge in [-0.3, -0.25) is 4.90 Å². The number of nitrogens with one attached hydrogen (secondary N) is 2. The Balaban J connectivity index is 1.26. The predicted octanol–water partition coefficient (Wildman–Crippen LogP) is 3.35. The standard InChI is InChI=1S/C21H27ClN4O/c22-19-9-7-18(8-10-19)17-24-21(27)23-11-4-12-25-13-15-26(16-14-25)20-5-2-1-3-6-20/h1-3,5-10H,4,11-17H2,(H2,23,24,27). The number of rotatable bonds is 7. The lowest BCUT2D eigenvalue weighted by atomic mass is 10.2. The van der Waals surface area contributed by atoms with Crippen LogP contribution in [-0.4, -0.2) is 50.2 Å². The maximum atomic E-state index is 11.9. The third-order valence-corrected chi connectivity index (χ3v) is 5.05. The Bertz CT molecular complexity index is 700. The summed E-state index contributed by atoms with van der Waals surface area (Å²) < 4.78 is 0. The van der Waals surface area contributed by atoms with Crippen LogP contribution in [0.5, 0.6) is 0 Å². The molecule has 0 unspecified atom stereocenters. The second kappa shape index (κ2) is 10.2. The molecule has 2 aromatic carbocycles. The number of hydrogen-bond acceptors (Lipinski definition) is 3. The van der Waals surface area contributed by atoms with Crippen LogP contribution in [0.25, 0.3) is 0 Å². The first kappa shape index (κ1) is 19.5. The van der Waals surface area contributed by atoms with Gasteiger partial charge in [-0.2, -0.15) is 0 Å². The Morgan fingerprint density at radius 1 is 0.926 bits per heavy atom. The van der Waals surface area contributed by atoms with Crippen molar-refractivity contribution in [2.75, 3.05) is 44.2 Å². The van der Waals surface area contributed by atoms with Crippen molar-refractivity contribution in [3.8, 4) is 0 Å². The molecule has 2 aromatic rings. The molecule has 0 bridgehead atoms. The molecule has 5 nitrogen and oxygen atoms in total. The minimum atomic E-state index is -0.126. The van der Waals surface area contributed by atoms with Crippen molar-refractivity contribution in [1.82, 2.24) is 15.5 Å². The second-order valence-corrected chi connectivity index (χ2v) is 7.19. The molecule has 2 amide bonds. The Morgan fingerprint density at radius 2 is 1.63 bits per heavy atom. The minimum Gasteiger partial charge on any atom is -0.369 e. The van der Waals surface area contributed by atoms with E-state index in [2.05, 4.69) is 50.8 Å². The number of anilines is 1. The summed E-state index contributed by atoms with van der Waals surface area (Å²) in [6, 6.07) is 17.9. The highest BCUT2D eigenvalue weighted by atomic mass is 35.5. The van der Waals surface area contributed by atoms with Gasteiger partial charge >= 0.3 is 6.03 Å². The highest BCUT2D eigenvalue weighted by Gasteiger charge is 2.16. The fraction of sp³-hybridized carbons (Fsp3) is 0.381. The van der Waals surface area contributed by atoms with Crippen molar-refractivity contribution in [2.24, 2.45) is 0 Å². The third-order valence-electron chi connectivity index (χ3n) is 4.80. The van der Waals surface area contributed by atoms with Crippen LogP contribution in [0.1, 0.15) is 12.0 Å². The van der Waals surface area contributed by atoms with E-state index in [1.165, 1.54) is 5.69 Å². The van der Waals surface area contributed by atoms with Crippen LogP contribution >= 0.6 is 11.6 Å². The van der Waals surface area contributed by atoms with E-state index in [1.54, 1.807) is 0 Å². The third kappa shape index (κ3) is 6.45. The average Bonchev–Trinajstić information content (AvgIpc) is 2.72. The van der Waals surface area contributed by atoms with E-state index in [4.69, 9.17) is 11.6 Å². The normalized spacial score (nSPS) is 14.8. The summed E-state index contributed by atoms with van der Waals surface area (Å²) in [6.07, 6.45) is 0.958. The van der Waals surface area contributed by atoms with E-state index in [-0.39, 0.29) is 6.03 Å². The summed E-state index contributed by atoms with van der Waals surface area (Å²) >= 11 is 5.86. The van der Waals surface area contributed by atoms with Gasteiger partial charge in [0, 0.05) is 50.0 Å². The fourth-order valence-corrected chi connectivity index (χ4v) is 3.35. The summed E-state index contributed by atoms with van der Waals surface area (Å²) in [4.78, 5) is 16.8. The van der Waals surface area contributed by atoms with Gasteiger partial charge < -0.3 is 15.5 Å². The number of benzene rings is 2. The number of piperazine rings is 1. The molecule has 1 aliphatic heterocycles. The molecule has 1 aliphatic rings. The largest absolute Gasteiger partial charge is 0.369 e. The van der Waals surface area contributed by atoms with Gasteiger partial charge in [0.05, 0.1) is 0 Å². The zero-order valence-corrected chi connectivity index (χ0v) is 16.3. The SMILES string of the molecule is O=C(NCCCN1CCN(c2ccccc2)CC1)NCc1ccc(Cl)cc1. The molecule has 27 heavy (non-hydrogen) atoms. The molecular weight excluding hydrogens is 360 g/mol. The van der Waals surface area contributed by atoms with E-state index in [0.29, 0.717) is 18.1 Å². The molecule has 6 heteroatoms. The number of amides is 2. The first-order chi connectivity index (χ1) is 13.2. The first-order valence-electron chi connectivity index (χ1n) is 9.49. The average molecular weight is 387 g/mol. The fourth-order valence-electron chi connectivity index (χ4n) is 3.22. The Hall–Kier alpha value is -2.24. The molecule has 1 fully saturated rings. The van der Waals surface area contributed by atoms with Crippen molar-refractivity contribution < 1.29 is 4.79 Å². The number of halogens is 1. The van der Waals surface area contributed by atoms with Crippen molar-refractivity contribution >= 4 is 23.3 Å². The molecule has 1 heterocycles. The van der Waals surface area contributed by atoms with E-state index in [1.807, 2.05) is 24.3 Å². The van der Waals surface area contributed by atoms with Gasteiger partial charge in [0.15, 0.2) is 0 Å². The molecule has 2 N–H and O–H groups in total. The zero-order chi connectivity index (χ0) is 18.9. The quantitative estimate of drug-likeness (QED) is 0.717. The smallest absolute Gasteiger partial charge is 0.315 e. The van der Waals surface area contributed by atoms with Crippen LogP contribution in [0.4, 0.5) is 10.5 Å². The van der Waals surface area contributed by atoms with Crippen molar-refractivity contribution in [3.63, 3.8) is 0 Å². The monoisotopic (exact) mass is 386 g/mol. The molecule has 1 saturated heterocycles. The Morgan fingerprint density at radius 3 is 2.33 bits per heavy atom. The van der Waals surface area contributed by atoms with Crippen LogP contribution in [0.2, 0.25) is 5.02 Å². The lowest BCUT2D eigenvalue weighted by molar-refractivity contribution is 0.235. The van der Waals surface area contributed by atoms with Crippen molar-refractivity contribution in [1.29, 1.82) is 0 Å². The van der Waals surface area contributed by atoms with Gasteiger partial charge in [-0.25, -0.2) is 4.79 Å². The molecular formula is C21H27ClN4O. The molecule has 3 rings (SSSR count). The van der Waals surface area contributed by atoms with Gasteiger partial charge in [0.25, 0.3) is 0 Å². The highest BCUT2D eigenvalue weighted by Crippen LogP contribution is 2.15. The molecule has 0 saturated carbocycles. The van der Waals surface area contributed by atoms with Crippen LogP contribution < -0.4 is 15.5 Å². The number of urea groups is 1. The van der Waals surface area contributed by atoms with Gasteiger partial charge in [-0.15, -0.1) is 0 Å². The van der Waals surface area contributed by atoms with Gasteiger partial charge in [-0.05, 0) is 42.8 Å². The van der Waals surface area contributed by atoms with Crippen LogP contribution in [-0.2, 0) is 6.54 Å². The number of carbonyl (C=O) groups excluding carboxylic acids is 1. The molecule has 0 spiro atoms. The number of carbonyl (C=O) groups is 1. The summed E-state index contributed by atoms with van der Waals surface area (Å²) in [5.74, 6) is 0. The molecule has 0 aromatic heterocycles. The minimum absolute atomic E-state index is 0.126. The highest BCUT2D eigenvalue weighted by molar-refractivity contribution is 6.30. The van der Waals surface area contributed by atoms with E-state index in [0.717, 1.165) is 44.7 Å². The zero-order valence-electron chi connectivity index (χ0n) is 15.5. The van der Waals surface area contributed by atoms with E-state index >= 15 is 0 Å². The summed E-state index contributed by atoms with van der Waals surface area (Å²) in [5.41, 5.74) is 2.34. The summed E-state index contributed by atoms with van der Waals surface area (Å²) in [6.45, 7) is 6.45. The topological polar surface area (TPSA) is 47.6 Å². The number of hydrogen-bond donors (Lipinski definition) is 2. The van der Waals surface area contributed by atoms with Crippen molar-refractivity contribution in [3.05, 3.63) is 65.2 Å². The van der Waals surface area contributed by atoms with Crippen LogP contribution in [0.3, 0.4) is 0 Å². The summed E-state index contributed by atoms with van der Waals surface area (Å²) in [5, 5.41) is 6.49. The van der Waals surface area contributed by atoms with E-state index in [9.17, 15) is 4.79 Å². The molecule has 0 aliphatic carbocycles. The maximum Gasteiger partial charge on any atom is 0.315 e. The molecule has 0 atom stereocenters. The lowest BCUT2D eigenvalue weighted by Gasteiger charge is -2.36. The first-order valence-corrected chi connectivity index (χ1v) is 9.87. The Labute approximate surface area is 166 Å². The van der Waals surface area contributed by atoms with E-state index < -0.39 is 0 Å². The number of nitrogens with zero attached hydrogens (tertiary/aromatic N) is 2. The van der Waals surface area contributed by atoms with Crippen molar-refractivity contribution in [2.45, 2.75) is 13.0 Å². The molecule has 144 valence electrons. The Kier molecular flexibility index (Phi) is 7.36. The molecule has 0 radical (unpaired) electrons. The second-order valence-electron chi connectivity index (χ2n) is 6.75. The summed E-state index contributed by atoms with van der Waals surface area (Å²) in [7, 11) is 0.